The third-order valence-corrected chi connectivity index (χ3v) is 10.0. The molecular weight excluding hydrogens is 833 g/mol. The molecule has 374 valence electrons. The highest BCUT2D eigenvalue weighted by Crippen LogP contribution is 2.14. The lowest BCUT2D eigenvalue weighted by molar-refractivity contribution is -0.142. The number of carbonyl (C=O) groups excluding carboxylic acids is 5. The smallest absolute Gasteiger partial charge is 0.326 e. The van der Waals surface area contributed by atoms with Gasteiger partial charge in [0.25, 0.3) is 0 Å². The van der Waals surface area contributed by atoms with Crippen molar-refractivity contribution in [3.8, 4) is 0 Å². The zero-order valence-corrected chi connectivity index (χ0v) is 39.5. The molecule has 0 aromatic rings. The zero-order valence-electron chi connectivity index (χ0n) is 39.5. The van der Waals surface area contributed by atoms with Gasteiger partial charge in [-0.1, -0.05) is 90.9 Å². The number of aliphatic hydroxyl groups is 1. The number of hydrogen-bond donors (Lipinski definition) is 7. The zero-order chi connectivity index (χ0) is 47.9. The van der Waals surface area contributed by atoms with E-state index in [1.54, 1.807) is 14.0 Å². The molecule has 0 bridgehead atoms. The van der Waals surface area contributed by atoms with Crippen molar-refractivity contribution in [3.63, 3.8) is 0 Å². The molecule has 2 atom stereocenters. The van der Waals surface area contributed by atoms with Crippen LogP contribution in [0.3, 0.4) is 0 Å². The molecule has 0 saturated heterocycles. The van der Waals surface area contributed by atoms with Gasteiger partial charge in [-0.2, -0.15) is 0 Å². The fourth-order valence-electron chi connectivity index (χ4n) is 6.25. The maximum Gasteiger partial charge on any atom is 0.326 e. The average molecular weight is 919 g/mol. The summed E-state index contributed by atoms with van der Waals surface area (Å²) < 4.78 is 21.0. The van der Waals surface area contributed by atoms with Crippen molar-refractivity contribution < 1.29 is 67.8 Å². The molecular formula is C46H86N4O14. The second kappa shape index (κ2) is 47.4. The summed E-state index contributed by atoms with van der Waals surface area (Å²) in [6.07, 6.45) is 20.1. The molecule has 0 unspecified atom stereocenters. The summed E-state index contributed by atoms with van der Waals surface area (Å²) in [7, 11) is 1.68. The van der Waals surface area contributed by atoms with E-state index in [0.29, 0.717) is 71.8 Å². The van der Waals surface area contributed by atoms with Crippen LogP contribution >= 0.6 is 0 Å². The number of Topliss-reactive ketones (excluding diaryl/α,β-unsaturated/α-hetero) is 2. The van der Waals surface area contributed by atoms with Crippen molar-refractivity contribution in [2.75, 3.05) is 79.6 Å². The molecule has 3 amide bonds. The molecule has 0 aliphatic rings. The topological polar surface area (TPSA) is 265 Å². The molecule has 0 aliphatic carbocycles. The number of nitrogens with one attached hydrogen (secondary N) is 4. The lowest BCUT2D eigenvalue weighted by atomic mass is 10.0. The van der Waals surface area contributed by atoms with Gasteiger partial charge in [-0.15, -0.1) is 0 Å². The summed E-state index contributed by atoms with van der Waals surface area (Å²) in [6, 6.07) is -1.33. The predicted octanol–water partition coefficient (Wildman–Crippen LogP) is 4.66. The van der Waals surface area contributed by atoms with Gasteiger partial charge in [0, 0.05) is 45.4 Å². The van der Waals surface area contributed by atoms with Gasteiger partial charge in [-0.25, -0.2) is 4.79 Å². The summed E-state index contributed by atoms with van der Waals surface area (Å²) in [5.41, 5.74) is 0. The molecule has 0 aromatic heterocycles. The van der Waals surface area contributed by atoms with Gasteiger partial charge in [-0.05, 0) is 52.0 Å². The number of carboxylic acids is 2. The van der Waals surface area contributed by atoms with Crippen LogP contribution in [0.1, 0.15) is 162 Å². The molecule has 18 heteroatoms. The van der Waals surface area contributed by atoms with Crippen LogP contribution in [0.4, 0.5) is 0 Å². The van der Waals surface area contributed by atoms with Crippen molar-refractivity contribution in [1.82, 2.24) is 21.3 Å². The van der Waals surface area contributed by atoms with E-state index < -0.39 is 24.6 Å². The summed E-state index contributed by atoms with van der Waals surface area (Å²) in [5, 5.41) is 37.4. The Hall–Kier alpha value is -3.55. The van der Waals surface area contributed by atoms with Crippen molar-refractivity contribution in [2.45, 2.75) is 174 Å². The van der Waals surface area contributed by atoms with E-state index in [4.69, 9.17) is 29.2 Å². The first kappa shape index (κ1) is 62.5. The molecule has 18 nitrogen and oxygen atoms in total. The van der Waals surface area contributed by atoms with Crippen molar-refractivity contribution in [1.29, 1.82) is 0 Å². The second-order valence-electron chi connectivity index (χ2n) is 15.7. The van der Waals surface area contributed by atoms with E-state index in [0.717, 1.165) is 57.8 Å². The van der Waals surface area contributed by atoms with Gasteiger partial charge < -0.3 is 55.5 Å². The highest BCUT2D eigenvalue weighted by molar-refractivity contribution is 5.85. The van der Waals surface area contributed by atoms with Gasteiger partial charge in [0.2, 0.25) is 17.7 Å². The number of rotatable bonds is 46. The number of likely N-dealkylation sites (N-methyl/N-ethyl adjacent to an activating group) is 1. The van der Waals surface area contributed by atoms with Crippen LogP contribution in [0.15, 0.2) is 0 Å². The second-order valence-corrected chi connectivity index (χ2v) is 15.7. The van der Waals surface area contributed by atoms with Crippen LogP contribution in [-0.4, -0.2) is 148 Å². The fourth-order valence-corrected chi connectivity index (χ4v) is 6.25. The Kier molecular flexibility index (Phi) is 46.3. The summed E-state index contributed by atoms with van der Waals surface area (Å²) in [6.45, 7) is 6.59. The molecule has 0 saturated carbocycles. The van der Waals surface area contributed by atoms with Gasteiger partial charge in [0.05, 0.1) is 39.1 Å². The normalized spacial score (nSPS) is 11.8. The van der Waals surface area contributed by atoms with Crippen molar-refractivity contribution in [2.24, 2.45) is 0 Å². The minimum Gasteiger partial charge on any atom is -0.481 e. The monoisotopic (exact) mass is 919 g/mol. The lowest BCUT2D eigenvalue weighted by Gasteiger charge is -2.14. The highest BCUT2D eigenvalue weighted by atomic mass is 16.5. The number of ketones is 2. The van der Waals surface area contributed by atoms with E-state index in [9.17, 15) is 38.7 Å². The minimum atomic E-state index is -1.09. The van der Waals surface area contributed by atoms with Crippen molar-refractivity contribution in [3.05, 3.63) is 0 Å². The van der Waals surface area contributed by atoms with E-state index in [-0.39, 0.29) is 68.0 Å². The van der Waals surface area contributed by atoms with E-state index in [1.165, 1.54) is 51.4 Å². The Labute approximate surface area is 382 Å². The number of amides is 3. The van der Waals surface area contributed by atoms with E-state index in [1.807, 2.05) is 6.92 Å². The third kappa shape index (κ3) is 45.0. The third-order valence-electron chi connectivity index (χ3n) is 10.0. The lowest BCUT2D eigenvalue weighted by Crippen LogP contribution is -2.41. The molecule has 64 heavy (non-hydrogen) atoms. The van der Waals surface area contributed by atoms with Crippen LogP contribution in [0.25, 0.3) is 0 Å². The molecule has 0 radical (unpaired) electrons. The Balaban J connectivity index is 0. The quantitative estimate of drug-likeness (QED) is 0.0410. The standard InChI is InChI=1S/C25H45NO6.C21H41N3O8/c1-2-21(27)19-20-22(25(31)32)26-23(28)17-15-13-11-9-7-5-3-4-6-8-10-12-14-16-18-24(29)30;1-3-9-29-11-13-31-17-21(28)24-8-10-30-12-14-32-16-20(27)23-7-5-4-6-18(22-2)19(26)15-25/h22H,2-20H2,1H3,(H,26,28)(H,29,30)(H,31,32);18,22,25H,3-17H2,1-2H3,(H,23,27)(H,24,28)/t22-;18-/m00/s1. The molecule has 0 heterocycles. The molecule has 0 fully saturated rings. The number of carbonyl (C=O) groups is 7. The van der Waals surface area contributed by atoms with Crippen LogP contribution < -0.4 is 21.3 Å². The maximum atomic E-state index is 12.0. The molecule has 0 aliphatic heterocycles. The SMILES string of the molecule is CCC(=O)CC[C@H](NC(=O)CCCCCCCCCCCCCCCCC(=O)O)C(=O)O.CCCOCCOCC(=O)NCCOCCOCC(=O)NCCCC[C@H](NC)C(=O)CO. The van der Waals surface area contributed by atoms with E-state index >= 15 is 0 Å². The Bertz CT molecular complexity index is 1210. The molecule has 7 N–H and O–H groups in total. The highest BCUT2D eigenvalue weighted by Gasteiger charge is 2.20. The number of aliphatic hydroxyl groups excluding tert-OH is 1. The van der Waals surface area contributed by atoms with E-state index in [2.05, 4.69) is 21.3 Å². The minimum absolute atomic E-state index is 0.00936. The first-order valence-corrected chi connectivity index (χ1v) is 23.8. The van der Waals surface area contributed by atoms with Gasteiger partial charge in [0.1, 0.15) is 31.6 Å². The Morgan fingerprint density at radius 1 is 0.500 bits per heavy atom. The number of hydrogen-bond acceptors (Lipinski definition) is 13. The fraction of sp³-hybridized carbons (Fsp3) is 0.848. The number of aliphatic carboxylic acids is 2. The van der Waals surface area contributed by atoms with Crippen LogP contribution in [-0.2, 0) is 52.5 Å². The number of unbranched alkanes of at least 4 members (excludes halogenated alkanes) is 14. The molecule has 0 rings (SSSR count). The molecule has 0 spiro atoms. The first-order valence-electron chi connectivity index (χ1n) is 23.8. The van der Waals surface area contributed by atoms with Crippen LogP contribution in [0.5, 0.6) is 0 Å². The van der Waals surface area contributed by atoms with Gasteiger partial charge >= 0.3 is 11.9 Å². The summed E-state index contributed by atoms with van der Waals surface area (Å²) >= 11 is 0. The van der Waals surface area contributed by atoms with Gasteiger partial charge in [0.15, 0.2) is 5.78 Å². The Morgan fingerprint density at radius 3 is 1.45 bits per heavy atom. The maximum absolute atomic E-state index is 12.0. The summed E-state index contributed by atoms with van der Waals surface area (Å²) in [4.78, 5) is 79.6. The largest absolute Gasteiger partial charge is 0.481 e. The molecule has 0 aromatic carbocycles. The van der Waals surface area contributed by atoms with Crippen LogP contribution in [0, 0.1) is 0 Å². The van der Waals surface area contributed by atoms with Crippen LogP contribution in [0.2, 0.25) is 0 Å². The van der Waals surface area contributed by atoms with Gasteiger partial charge in [-0.3, -0.25) is 28.8 Å². The van der Waals surface area contributed by atoms with Crippen molar-refractivity contribution >= 4 is 41.2 Å². The average Bonchev–Trinajstić information content (AvgIpc) is 3.27. The summed E-state index contributed by atoms with van der Waals surface area (Å²) in [5.74, 6) is -2.67. The number of carboxylic acid groups (broad SMARTS) is 2. The first-order chi connectivity index (χ1) is 30.9. The number of ether oxygens (including phenoxy) is 4. The predicted molar refractivity (Wildman–Crippen MR) is 244 cm³/mol. The Morgan fingerprint density at radius 2 is 0.984 bits per heavy atom.